The number of halogens is 1. The third-order valence-corrected chi connectivity index (χ3v) is 6.56. The molecule has 0 spiro atoms. The molecule has 1 aromatic carbocycles. The third kappa shape index (κ3) is 3.58. The minimum absolute atomic E-state index is 0. The molecule has 0 unspecified atom stereocenters. The van der Waals surface area contributed by atoms with Crippen molar-refractivity contribution in [3.63, 3.8) is 0 Å². The number of morpholine rings is 1. The summed E-state index contributed by atoms with van der Waals surface area (Å²) < 4.78 is 11.9. The third-order valence-electron chi connectivity index (χ3n) is 4.34. The number of amides is 1. The second kappa shape index (κ2) is 7.67. The lowest BCUT2D eigenvalue weighted by atomic mass is 10.3. The van der Waals surface area contributed by atoms with Crippen LogP contribution in [0.15, 0.2) is 28.7 Å². The molecule has 5 rings (SSSR count). The molecule has 1 N–H and O–H groups in total. The molecule has 0 bridgehead atoms. The van der Waals surface area contributed by atoms with Gasteiger partial charge in [-0.15, -0.1) is 23.7 Å². The molecule has 7 nitrogen and oxygen atoms in total. The molecule has 10 heteroatoms. The number of oxazole rings is 1. The SMILES string of the molecule is Cc1nc2ccc(NC(=O)c3cc4sc(N5CCOCC5)nc4s3)cc2o1.Cl. The highest BCUT2D eigenvalue weighted by Crippen LogP contribution is 2.35. The van der Waals surface area contributed by atoms with Gasteiger partial charge < -0.3 is 19.4 Å². The molecular formula is C18H17ClN4O3S2. The predicted molar refractivity (Wildman–Crippen MR) is 114 cm³/mol. The van der Waals surface area contributed by atoms with Crippen LogP contribution in [-0.2, 0) is 4.74 Å². The highest BCUT2D eigenvalue weighted by atomic mass is 35.5. The largest absolute Gasteiger partial charge is 0.441 e. The average molecular weight is 437 g/mol. The van der Waals surface area contributed by atoms with Gasteiger partial charge in [0.05, 0.1) is 22.8 Å². The summed E-state index contributed by atoms with van der Waals surface area (Å²) in [6.45, 7) is 4.98. The van der Waals surface area contributed by atoms with E-state index in [0.717, 1.165) is 46.5 Å². The highest BCUT2D eigenvalue weighted by Gasteiger charge is 2.19. The number of hydrogen-bond donors (Lipinski definition) is 1. The lowest BCUT2D eigenvalue weighted by Crippen LogP contribution is -2.36. The van der Waals surface area contributed by atoms with Gasteiger partial charge in [-0.3, -0.25) is 4.79 Å². The fourth-order valence-electron chi connectivity index (χ4n) is 3.04. The van der Waals surface area contributed by atoms with E-state index in [1.54, 1.807) is 24.3 Å². The topological polar surface area (TPSA) is 80.5 Å². The monoisotopic (exact) mass is 436 g/mol. The Balaban J connectivity index is 0.00000192. The summed E-state index contributed by atoms with van der Waals surface area (Å²) in [6, 6.07) is 7.36. The smallest absolute Gasteiger partial charge is 0.265 e. The van der Waals surface area contributed by atoms with E-state index in [4.69, 9.17) is 14.1 Å². The second-order valence-corrected chi connectivity index (χ2v) is 8.29. The van der Waals surface area contributed by atoms with E-state index in [1.165, 1.54) is 11.3 Å². The molecule has 28 heavy (non-hydrogen) atoms. The molecule has 1 fully saturated rings. The van der Waals surface area contributed by atoms with Gasteiger partial charge in [-0.05, 0) is 18.2 Å². The van der Waals surface area contributed by atoms with Crippen LogP contribution in [-0.4, -0.2) is 42.2 Å². The number of aromatic nitrogens is 2. The van der Waals surface area contributed by atoms with Crippen molar-refractivity contribution in [2.75, 3.05) is 36.5 Å². The van der Waals surface area contributed by atoms with E-state index in [2.05, 4.69) is 15.2 Å². The minimum Gasteiger partial charge on any atom is -0.441 e. The maximum atomic E-state index is 12.6. The standard InChI is InChI=1S/C18H16N4O3S2.ClH/c1-10-19-12-3-2-11(8-13(12)25-10)20-16(23)14-9-15-17(26-14)21-18(27-15)22-4-6-24-7-5-22;/h2-3,8-9H,4-7H2,1H3,(H,20,23);1H. The van der Waals surface area contributed by atoms with Gasteiger partial charge in [-0.2, -0.15) is 0 Å². The summed E-state index contributed by atoms with van der Waals surface area (Å²) in [4.78, 5) is 25.3. The summed E-state index contributed by atoms with van der Waals surface area (Å²) in [5, 5.41) is 3.92. The van der Waals surface area contributed by atoms with Crippen LogP contribution < -0.4 is 10.2 Å². The van der Waals surface area contributed by atoms with E-state index in [1.807, 2.05) is 18.2 Å². The van der Waals surface area contributed by atoms with Gasteiger partial charge in [0.25, 0.3) is 5.91 Å². The summed E-state index contributed by atoms with van der Waals surface area (Å²) >= 11 is 3.03. The molecule has 1 aliphatic heterocycles. The van der Waals surface area contributed by atoms with Gasteiger partial charge in [0, 0.05) is 31.8 Å². The number of anilines is 2. The number of thiazole rings is 1. The molecule has 0 radical (unpaired) electrons. The number of carbonyl (C=O) groups is 1. The number of nitrogens with zero attached hydrogens (tertiary/aromatic N) is 3. The zero-order valence-corrected chi connectivity index (χ0v) is 17.4. The second-order valence-electron chi connectivity index (χ2n) is 6.25. The van der Waals surface area contributed by atoms with E-state index < -0.39 is 0 Å². The van der Waals surface area contributed by atoms with Crippen LogP contribution in [0.25, 0.3) is 20.6 Å². The molecular weight excluding hydrogens is 420 g/mol. The molecule has 146 valence electrons. The Hall–Kier alpha value is -2.20. The Morgan fingerprint density at radius 2 is 2.00 bits per heavy atom. The molecule has 1 saturated heterocycles. The number of ether oxygens (including phenoxy) is 1. The summed E-state index contributed by atoms with van der Waals surface area (Å²) in [5.74, 6) is 0.461. The molecule has 1 amide bonds. The van der Waals surface area contributed by atoms with Crippen LogP contribution in [0.5, 0.6) is 0 Å². The first-order valence-corrected chi connectivity index (χ1v) is 10.2. The number of benzene rings is 1. The molecule has 4 aromatic rings. The Labute approximate surface area is 174 Å². The van der Waals surface area contributed by atoms with Gasteiger partial charge >= 0.3 is 0 Å². The van der Waals surface area contributed by atoms with Crippen LogP contribution in [0.4, 0.5) is 10.8 Å². The number of nitrogens with one attached hydrogen (secondary N) is 1. The molecule has 1 aliphatic rings. The summed E-state index contributed by atoms with van der Waals surface area (Å²) in [7, 11) is 0. The Morgan fingerprint density at radius 3 is 2.79 bits per heavy atom. The number of carbonyl (C=O) groups excluding carboxylic acids is 1. The van der Waals surface area contributed by atoms with Gasteiger partial charge in [-0.25, -0.2) is 9.97 Å². The number of fused-ring (bicyclic) bond motifs is 2. The maximum Gasteiger partial charge on any atom is 0.265 e. The van der Waals surface area contributed by atoms with Gasteiger partial charge in [0.2, 0.25) is 0 Å². The van der Waals surface area contributed by atoms with Crippen molar-refractivity contribution in [3.8, 4) is 0 Å². The van der Waals surface area contributed by atoms with Crippen molar-refractivity contribution in [1.82, 2.24) is 9.97 Å². The number of thiophene rings is 1. The predicted octanol–water partition coefficient (Wildman–Crippen LogP) is 4.32. The van der Waals surface area contributed by atoms with Crippen LogP contribution in [0.1, 0.15) is 15.6 Å². The first-order chi connectivity index (χ1) is 13.2. The van der Waals surface area contributed by atoms with Crippen LogP contribution >= 0.6 is 35.1 Å². The van der Waals surface area contributed by atoms with E-state index >= 15 is 0 Å². The normalized spacial score (nSPS) is 14.4. The minimum atomic E-state index is -0.145. The van der Waals surface area contributed by atoms with E-state index in [0.29, 0.717) is 22.0 Å². The molecule has 3 aromatic heterocycles. The first-order valence-electron chi connectivity index (χ1n) is 8.57. The maximum absolute atomic E-state index is 12.6. The highest BCUT2D eigenvalue weighted by molar-refractivity contribution is 7.29. The quantitative estimate of drug-likeness (QED) is 0.515. The molecule has 4 heterocycles. The fourth-order valence-corrected chi connectivity index (χ4v) is 5.19. The van der Waals surface area contributed by atoms with Crippen molar-refractivity contribution in [1.29, 1.82) is 0 Å². The van der Waals surface area contributed by atoms with Gasteiger partial charge in [0.15, 0.2) is 16.6 Å². The number of hydrogen-bond acceptors (Lipinski definition) is 8. The lowest BCUT2D eigenvalue weighted by molar-refractivity contribution is 0.103. The fraction of sp³-hybridized carbons (Fsp3) is 0.278. The molecule has 0 aliphatic carbocycles. The van der Waals surface area contributed by atoms with E-state index in [9.17, 15) is 4.79 Å². The van der Waals surface area contributed by atoms with Crippen LogP contribution in [0.2, 0.25) is 0 Å². The van der Waals surface area contributed by atoms with Crippen molar-refractivity contribution in [2.24, 2.45) is 0 Å². The van der Waals surface area contributed by atoms with Crippen molar-refractivity contribution >= 4 is 72.4 Å². The van der Waals surface area contributed by atoms with Crippen LogP contribution in [0.3, 0.4) is 0 Å². The zero-order valence-electron chi connectivity index (χ0n) is 14.9. The Kier molecular flexibility index (Phi) is 5.24. The molecule has 0 saturated carbocycles. The lowest BCUT2D eigenvalue weighted by Gasteiger charge is -2.25. The van der Waals surface area contributed by atoms with E-state index in [-0.39, 0.29) is 18.3 Å². The first kappa shape index (κ1) is 19.1. The van der Waals surface area contributed by atoms with Gasteiger partial charge in [-0.1, -0.05) is 11.3 Å². The van der Waals surface area contributed by atoms with Crippen LogP contribution in [0, 0.1) is 6.92 Å². The van der Waals surface area contributed by atoms with Crippen molar-refractivity contribution in [3.05, 3.63) is 35.0 Å². The van der Waals surface area contributed by atoms with Crippen molar-refractivity contribution < 1.29 is 13.9 Å². The number of rotatable bonds is 3. The zero-order chi connectivity index (χ0) is 18.4. The van der Waals surface area contributed by atoms with Crippen molar-refractivity contribution in [2.45, 2.75) is 6.92 Å². The Bertz CT molecular complexity index is 1120. The van der Waals surface area contributed by atoms with Gasteiger partial charge in [0.1, 0.15) is 10.3 Å². The Morgan fingerprint density at radius 1 is 1.18 bits per heavy atom. The average Bonchev–Trinajstić information content (AvgIpc) is 3.33. The summed E-state index contributed by atoms with van der Waals surface area (Å²) in [6.07, 6.45) is 0. The molecule has 0 atom stereocenters. The summed E-state index contributed by atoms with van der Waals surface area (Å²) in [5.41, 5.74) is 2.12. The number of aryl methyl sites for hydroxylation is 1.